The summed E-state index contributed by atoms with van der Waals surface area (Å²) in [6.07, 6.45) is 7.44. The number of aromatic nitrogens is 2. The molecular formula is C24H26FN3O2. The van der Waals surface area contributed by atoms with Gasteiger partial charge < -0.3 is 10.1 Å². The van der Waals surface area contributed by atoms with Gasteiger partial charge in [0, 0.05) is 23.6 Å². The molecule has 156 valence electrons. The lowest BCUT2D eigenvalue weighted by atomic mass is 9.96. The van der Waals surface area contributed by atoms with Crippen LogP contribution in [0.2, 0.25) is 0 Å². The van der Waals surface area contributed by atoms with Crippen LogP contribution in [0.25, 0.3) is 22.0 Å². The largest absolute Gasteiger partial charge is 0.376 e. The van der Waals surface area contributed by atoms with Gasteiger partial charge in [0.1, 0.15) is 5.82 Å². The Kier molecular flexibility index (Phi) is 5.03. The highest BCUT2D eigenvalue weighted by molar-refractivity contribution is 5.96. The number of benzene rings is 2. The lowest BCUT2D eigenvalue weighted by Gasteiger charge is -2.22. The first-order valence-corrected chi connectivity index (χ1v) is 10.8. The molecule has 5 rings (SSSR count). The third kappa shape index (κ3) is 3.84. The fourth-order valence-electron chi connectivity index (χ4n) is 4.15. The highest BCUT2D eigenvalue weighted by Gasteiger charge is 2.24. The molecule has 2 heterocycles. The van der Waals surface area contributed by atoms with Crippen molar-refractivity contribution < 1.29 is 13.9 Å². The number of carbonyl (C=O) groups is 1. The van der Waals surface area contributed by atoms with Gasteiger partial charge in [-0.1, -0.05) is 6.07 Å². The van der Waals surface area contributed by atoms with Crippen molar-refractivity contribution in [3.63, 3.8) is 0 Å². The highest BCUT2D eigenvalue weighted by atomic mass is 19.1. The van der Waals surface area contributed by atoms with Crippen molar-refractivity contribution >= 4 is 16.8 Å². The van der Waals surface area contributed by atoms with E-state index in [4.69, 9.17) is 4.74 Å². The van der Waals surface area contributed by atoms with Crippen LogP contribution in [0.5, 0.6) is 0 Å². The number of rotatable bonds is 5. The summed E-state index contributed by atoms with van der Waals surface area (Å²) in [5.74, 6) is -0.572. The number of halogens is 1. The van der Waals surface area contributed by atoms with Gasteiger partial charge in [0.25, 0.3) is 5.91 Å². The van der Waals surface area contributed by atoms with Gasteiger partial charge in [0.15, 0.2) is 0 Å². The average molecular weight is 407 g/mol. The minimum atomic E-state index is -0.362. The topological polar surface area (TPSA) is 56.2 Å². The Morgan fingerprint density at radius 3 is 2.87 bits per heavy atom. The van der Waals surface area contributed by atoms with E-state index in [9.17, 15) is 9.18 Å². The van der Waals surface area contributed by atoms with E-state index >= 15 is 0 Å². The van der Waals surface area contributed by atoms with E-state index in [1.165, 1.54) is 12.5 Å². The summed E-state index contributed by atoms with van der Waals surface area (Å²) in [6.45, 7) is 3.32. The Balaban J connectivity index is 1.45. The van der Waals surface area contributed by atoms with Crippen LogP contribution in [0.4, 0.5) is 4.39 Å². The molecule has 1 aliphatic heterocycles. The zero-order chi connectivity index (χ0) is 20.7. The maximum absolute atomic E-state index is 14.6. The number of hydrogen-bond acceptors (Lipinski definition) is 3. The molecule has 1 aromatic heterocycles. The first kappa shape index (κ1) is 19.2. The molecule has 1 amide bonds. The van der Waals surface area contributed by atoms with Crippen molar-refractivity contribution in [3.8, 4) is 11.1 Å². The van der Waals surface area contributed by atoms with Crippen LogP contribution in [0.15, 0.2) is 36.5 Å². The van der Waals surface area contributed by atoms with Gasteiger partial charge in [-0.3, -0.25) is 9.48 Å². The molecule has 6 heteroatoms. The van der Waals surface area contributed by atoms with Crippen LogP contribution in [0.1, 0.15) is 48.0 Å². The van der Waals surface area contributed by atoms with Crippen molar-refractivity contribution in [2.24, 2.45) is 0 Å². The van der Waals surface area contributed by atoms with E-state index < -0.39 is 0 Å². The number of ether oxygens (including phenoxy) is 1. The summed E-state index contributed by atoms with van der Waals surface area (Å²) in [7, 11) is 0. The molecule has 30 heavy (non-hydrogen) atoms. The van der Waals surface area contributed by atoms with E-state index in [2.05, 4.69) is 10.4 Å². The monoisotopic (exact) mass is 407 g/mol. The molecule has 2 fully saturated rings. The van der Waals surface area contributed by atoms with E-state index in [1.807, 2.05) is 29.1 Å². The van der Waals surface area contributed by atoms with E-state index in [-0.39, 0.29) is 23.9 Å². The molecule has 1 saturated carbocycles. The normalized spacial score (nSPS) is 19.2. The summed E-state index contributed by atoms with van der Waals surface area (Å²) in [4.78, 5) is 12.4. The molecule has 0 bridgehead atoms. The highest BCUT2D eigenvalue weighted by Crippen LogP contribution is 2.30. The molecule has 1 atom stereocenters. The molecule has 1 saturated heterocycles. The van der Waals surface area contributed by atoms with Gasteiger partial charge in [0.2, 0.25) is 0 Å². The maximum atomic E-state index is 14.6. The van der Waals surface area contributed by atoms with Gasteiger partial charge in [-0.15, -0.1) is 0 Å². The van der Waals surface area contributed by atoms with Crippen molar-refractivity contribution in [2.45, 2.75) is 57.7 Å². The van der Waals surface area contributed by atoms with E-state index in [0.717, 1.165) is 60.9 Å². The van der Waals surface area contributed by atoms with Crippen LogP contribution >= 0.6 is 0 Å². The Morgan fingerprint density at radius 1 is 1.23 bits per heavy atom. The molecule has 1 N–H and O–H groups in total. The molecular weight excluding hydrogens is 381 g/mol. The van der Waals surface area contributed by atoms with Gasteiger partial charge >= 0.3 is 0 Å². The maximum Gasteiger partial charge on any atom is 0.251 e. The third-order valence-corrected chi connectivity index (χ3v) is 6.12. The summed E-state index contributed by atoms with van der Waals surface area (Å²) >= 11 is 0. The minimum Gasteiger partial charge on any atom is -0.376 e. The lowest BCUT2D eigenvalue weighted by Crippen LogP contribution is -2.25. The number of carbonyl (C=O) groups excluding carboxylic acids is 1. The summed E-state index contributed by atoms with van der Waals surface area (Å²) in [5.41, 5.74) is 3.56. The SMILES string of the molecule is Cc1c(F)cc(C(=O)NC2CC2)cc1-c1ccc2c(cnn2CC2CCCCO2)c1. The Labute approximate surface area is 175 Å². The molecule has 0 radical (unpaired) electrons. The average Bonchev–Trinajstić information content (AvgIpc) is 3.49. The predicted molar refractivity (Wildman–Crippen MR) is 114 cm³/mol. The standard InChI is InChI=1S/C24H26FN3O2/c1-15-21(11-17(12-22(15)25)24(29)27-19-6-7-19)16-5-8-23-18(10-16)13-26-28(23)14-20-4-2-3-9-30-20/h5,8,10-13,19-20H,2-4,6-7,9,14H2,1H3,(H,27,29). The molecule has 5 nitrogen and oxygen atoms in total. The van der Waals surface area contributed by atoms with Crippen molar-refractivity contribution in [1.82, 2.24) is 15.1 Å². The van der Waals surface area contributed by atoms with Gasteiger partial charge in [-0.2, -0.15) is 5.10 Å². The summed E-state index contributed by atoms with van der Waals surface area (Å²) < 4.78 is 22.4. The number of amides is 1. The third-order valence-electron chi connectivity index (χ3n) is 6.12. The van der Waals surface area contributed by atoms with Crippen LogP contribution in [-0.2, 0) is 11.3 Å². The number of hydrogen-bond donors (Lipinski definition) is 1. The molecule has 0 spiro atoms. The lowest BCUT2D eigenvalue weighted by molar-refractivity contribution is 0.00474. The van der Waals surface area contributed by atoms with Crippen molar-refractivity contribution in [2.75, 3.05) is 6.61 Å². The van der Waals surface area contributed by atoms with Crippen molar-refractivity contribution in [3.05, 3.63) is 53.5 Å². The van der Waals surface area contributed by atoms with Gasteiger partial charge in [-0.25, -0.2) is 4.39 Å². The summed E-state index contributed by atoms with van der Waals surface area (Å²) in [6, 6.07) is 9.38. The number of nitrogens with zero attached hydrogens (tertiary/aromatic N) is 2. The molecule has 1 aliphatic carbocycles. The zero-order valence-corrected chi connectivity index (χ0v) is 17.2. The van der Waals surface area contributed by atoms with Crippen LogP contribution in [-0.4, -0.2) is 34.4 Å². The Hall–Kier alpha value is -2.73. The van der Waals surface area contributed by atoms with Gasteiger partial charge in [-0.05, 0) is 80.0 Å². The second-order valence-electron chi connectivity index (χ2n) is 8.47. The van der Waals surface area contributed by atoms with Crippen molar-refractivity contribution in [1.29, 1.82) is 0 Å². The molecule has 1 unspecified atom stereocenters. The Morgan fingerprint density at radius 2 is 2.10 bits per heavy atom. The first-order chi connectivity index (χ1) is 14.6. The predicted octanol–water partition coefficient (Wildman–Crippen LogP) is 4.61. The van der Waals surface area contributed by atoms with Crippen LogP contribution < -0.4 is 5.32 Å². The van der Waals surface area contributed by atoms with Crippen LogP contribution in [0.3, 0.4) is 0 Å². The zero-order valence-electron chi connectivity index (χ0n) is 17.2. The molecule has 2 aliphatic rings. The van der Waals surface area contributed by atoms with Crippen LogP contribution in [0, 0.1) is 12.7 Å². The van der Waals surface area contributed by atoms with Gasteiger partial charge in [0.05, 0.1) is 24.4 Å². The Bertz CT molecular complexity index is 1100. The number of nitrogens with one attached hydrogen (secondary N) is 1. The summed E-state index contributed by atoms with van der Waals surface area (Å²) in [5, 5.41) is 8.48. The fraction of sp³-hybridized carbons (Fsp3) is 0.417. The molecule has 3 aromatic rings. The minimum absolute atomic E-state index is 0.208. The first-order valence-electron chi connectivity index (χ1n) is 10.8. The second kappa shape index (κ2) is 7.84. The van der Waals surface area contributed by atoms with E-state index in [0.29, 0.717) is 11.1 Å². The molecule has 2 aromatic carbocycles. The fourth-order valence-corrected chi connectivity index (χ4v) is 4.15. The quantitative estimate of drug-likeness (QED) is 0.672. The second-order valence-corrected chi connectivity index (χ2v) is 8.47. The number of fused-ring (bicyclic) bond motifs is 1. The smallest absolute Gasteiger partial charge is 0.251 e. The van der Waals surface area contributed by atoms with E-state index in [1.54, 1.807) is 13.0 Å².